The summed E-state index contributed by atoms with van der Waals surface area (Å²) in [5, 5.41) is 13.9. The molecule has 0 radical (unpaired) electrons. The van der Waals surface area contributed by atoms with Gasteiger partial charge in [-0.1, -0.05) is 0 Å². The van der Waals surface area contributed by atoms with Crippen LogP contribution in [0.2, 0.25) is 0 Å². The molecule has 1 aliphatic heterocycles. The first-order chi connectivity index (χ1) is 8.54. The van der Waals surface area contributed by atoms with E-state index in [9.17, 15) is 14.4 Å². The molecule has 1 heterocycles. The summed E-state index contributed by atoms with van der Waals surface area (Å²) in [5.41, 5.74) is 0. The zero-order chi connectivity index (χ0) is 13.5. The molecule has 7 nitrogen and oxygen atoms in total. The summed E-state index contributed by atoms with van der Waals surface area (Å²) in [6.07, 6.45) is 1.26. The molecule has 0 bridgehead atoms. The second kappa shape index (κ2) is 6.83. The van der Waals surface area contributed by atoms with Crippen LogP contribution >= 0.6 is 0 Å². The highest BCUT2D eigenvalue weighted by atomic mass is 16.4. The molecule has 1 atom stereocenters. The molecule has 0 spiro atoms. The topological polar surface area (TPSA) is 98.7 Å². The smallest absolute Gasteiger partial charge is 0.317 e. The van der Waals surface area contributed by atoms with Crippen molar-refractivity contribution in [1.29, 1.82) is 0 Å². The van der Waals surface area contributed by atoms with Gasteiger partial charge in [0.05, 0.1) is 12.5 Å². The Labute approximate surface area is 106 Å². The van der Waals surface area contributed by atoms with Crippen molar-refractivity contribution in [2.24, 2.45) is 5.92 Å². The van der Waals surface area contributed by atoms with E-state index in [0.29, 0.717) is 25.9 Å². The lowest BCUT2D eigenvalue weighted by molar-refractivity contribution is -0.143. The largest absolute Gasteiger partial charge is 0.481 e. The van der Waals surface area contributed by atoms with Gasteiger partial charge in [-0.15, -0.1) is 0 Å². The van der Waals surface area contributed by atoms with E-state index in [1.165, 1.54) is 4.90 Å². The summed E-state index contributed by atoms with van der Waals surface area (Å²) in [5.74, 6) is -1.64. The van der Waals surface area contributed by atoms with Gasteiger partial charge in [-0.25, -0.2) is 4.79 Å². The molecule has 1 rings (SSSR count). The van der Waals surface area contributed by atoms with Crippen LogP contribution in [-0.2, 0) is 9.59 Å². The number of likely N-dealkylation sites (N-methyl/N-ethyl adjacent to an activating group) is 1. The van der Waals surface area contributed by atoms with Gasteiger partial charge in [-0.05, 0) is 19.8 Å². The highest BCUT2D eigenvalue weighted by Gasteiger charge is 2.28. The van der Waals surface area contributed by atoms with E-state index in [-0.39, 0.29) is 25.0 Å². The summed E-state index contributed by atoms with van der Waals surface area (Å²) < 4.78 is 0. The number of nitrogens with one attached hydrogen (secondary N) is 2. The average Bonchev–Trinajstić information content (AvgIpc) is 2.36. The zero-order valence-corrected chi connectivity index (χ0v) is 10.4. The number of carboxylic acid groups (broad SMARTS) is 1. The van der Waals surface area contributed by atoms with E-state index in [1.54, 1.807) is 6.92 Å². The minimum absolute atomic E-state index is 0.0824. The fraction of sp³-hybridized carbons (Fsp3) is 0.727. The molecule has 102 valence electrons. The third-order valence-corrected chi connectivity index (χ3v) is 2.83. The molecule has 7 heteroatoms. The summed E-state index contributed by atoms with van der Waals surface area (Å²) in [7, 11) is 0. The molecule has 1 unspecified atom stereocenters. The number of hydrogen-bond acceptors (Lipinski definition) is 3. The van der Waals surface area contributed by atoms with Crippen LogP contribution in [0.3, 0.4) is 0 Å². The fourth-order valence-corrected chi connectivity index (χ4v) is 1.89. The number of piperidine rings is 1. The quantitative estimate of drug-likeness (QED) is 0.640. The standard InChI is InChI=1S/C11H19N3O4/c1-2-12-9(15)6-13-11(18)14-5-3-4-8(7-14)10(16)17/h8H,2-7H2,1H3,(H,12,15)(H,13,18)(H,16,17). The van der Waals surface area contributed by atoms with Crippen molar-refractivity contribution in [3.05, 3.63) is 0 Å². The maximum Gasteiger partial charge on any atom is 0.317 e. The van der Waals surface area contributed by atoms with E-state index in [4.69, 9.17) is 5.11 Å². The number of aliphatic carboxylic acids is 1. The normalized spacial score (nSPS) is 19.2. The Hall–Kier alpha value is -1.79. The van der Waals surface area contributed by atoms with Crippen molar-refractivity contribution < 1.29 is 19.5 Å². The summed E-state index contributed by atoms with van der Waals surface area (Å²) >= 11 is 0. The minimum Gasteiger partial charge on any atom is -0.481 e. The monoisotopic (exact) mass is 257 g/mol. The molecule has 0 aliphatic carbocycles. The lowest BCUT2D eigenvalue weighted by Gasteiger charge is -2.30. The number of amides is 3. The summed E-state index contributed by atoms with van der Waals surface area (Å²) in [4.78, 5) is 35.2. The Bertz CT molecular complexity index is 332. The van der Waals surface area contributed by atoms with Crippen LogP contribution in [0.25, 0.3) is 0 Å². The van der Waals surface area contributed by atoms with Gasteiger partial charge in [0, 0.05) is 19.6 Å². The minimum atomic E-state index is -0.878. The van der Waals surface area contributed by atoms with E-state index in [0.717, 1.165) is 0 Å². The average molecular weight is 257 g/mol. The zero-order valence-electron chi connectivity index (χ0n) is 10.4. The molecule has 18 heavy (non-hydrogen) atoms. The van der Waals surface area contributed by atoms with Gasteiger partial charge in [0.25, 0.3) is 0 Å². The first-order valence-electron chi connectivity index (χ1n) is 6.06. The molecule has 0 saturated carbocycles. The second-order valence-corrected chi connectivity index (χ2v) is 4.24. The van der Waals surface area contributed by atoms with Crippen LogP contribution in [0.4, 0.5) is 4.79 Å². The van der Waals surface area contributed by atoms with Crippen LogP contribution in [-0.4, -0.2) is 54.1 Å². The van der Waals surface area contributed by atoms with E-state index < -0.39 is 11.9 Å². The fourth-order valence-electron chi connectivity index (χ4n) is 1.89. The van der Waals surface area contributed by atoms with E-state index >= 15 is 0 Å². The number of carbonyl (C=O) groups excluding carboxylic acids is 2. The maximum atomic E-state index is 11.7. The van der Waals surface area contributed by atoms with Crippen molar-refractivity contribution in [3.63, 3.8) is 0 Å². The molecule has 3 N–H and O–H groups in total. The van der Waals surface area contributed by atoms with Gasteiger partial charge in [0.1, 0.15) is 0 Å². The Balaban J connectivity index is 2.37. The van der Waals surface area contributed by atoms with E-state index in [2.05, 4.69) is 10.6 Å². The molecule has 3 amide bonds. The molecular weight excluding hydrogens is 238 g/mol. The van der Waals surface area contributed by atoms with Crippen molar-refractivity contribution in [1.82, 2.24) is 15.5 Å². The van der Waals surface area contributed by atoms with Crippen molar-refractivity contribution in [2.75, 3.05) is 26.2 Å². The van der Waals surface area contributed by atoms with E-state index in [1.807, 2.05) is 0 Å². The Morgan fingerprint density at radius 2 is 2.06 bits per heavy atom. The van der Waals surface area contributed by atoms with Crippen LogP contribution in [0.1, 0.15) is 19.8 Å². The van der Waals surface area contributed by atoms with Crippen molar-refractivity contribution in [2.45, 2.75) is 19.8 Å². The SMILES string of the molecule is CCNC(=O)CNC(=O)N1CCCC(C(=O)O)C1. The number of likely N-dealkylation sites (tertiary alicyclic amines) is 1. The highest BCUT2D eigenvalue weighted by Crippen LogP contribution is 2.16. The molecule has 1 fully saturated rings. The first kappa shape index (κ1) is 14.3. The first-order valence-corrected chi connectivity index (χ1v) is 6.06. The van der Waals surface area contributed by atoms with Crippen LogP contribution in [0.15, 0.2) is 0 Å². The van der Waals surface area contributed by atoms with Crippen molar-refractivity contribution in [3.8, 4) is 0 Å². The number of carboxylic acids is 1. The Morgan fingerprint density at radius 3 is 2.67 bits per heavy atom. The molecule has 0 aromatic carbocycles. The van der Waals surface area contributed by atoms with Crippen LogP contribution in [0.5, 0.6) is 0 Å². The predicted octanol–water partition coefficient (Wildman–Crippen LogP) is -0.371. The summed E-state index contributed by atoms with van der Waals surface area (Å²) in [6, 6.07) is -0.382. The number of hydrogen-bond donors (Lipinski definition) is 3. The third kappa shape index (κ3) is 4.23. The second-order valence-electron chi connectivity index (χ2n) is 4.24. The number of rotatable bonds is 4. The number of urea groups is 1. The van der Waals surface area contributed by atoms with Gasteiger partial charge in [-0.2, -0.15) is 0 Å². The molecule has 1 aliphatic rings. The van der Waals surface area contributed by atoms with Gasteiger partial charge in [0.15, 0.2) is 0 Å². The Morgan fingerprint density at radius 1 is 1.33 bits per heavy atom. The molecule has 0 aromatic rings. The maximum absolute atomic E-state index is 11.7. The van der Waals surface area contributed by atoms with Crippen LogP contribution < -0.4 is 10.6 Å². The van der Waals surface area contributed by atoms with Gasteiger partial charge in [-0.3, -0.25) is 9.59 Å². The molecule has 1 saturated heterocycles. The number of carbonyl (C=O) groups is 3. The third-order valence-electron chi connectivity index (χ3n) is 2.83. The summed E-state index contributed by atoms with van der Waals surface area (Å²) in [6.45, 7) is 2.96. The van der Waals surface area contributed by atoms with Crippen molar-refractivity contribution >= 4 is 17.9 Å². The van der Waals surface area contributed by atoms with Crippen LogP contribution in [0, 0.1) is 5.92 Å². The predicted molar refractivity (Wildman–Crippen MR) is 64.0 cm³/mol. The highest BCUT2D eigenvalue weighted by molar-refractivity contribution is 5.84. The molecular formula is C11H19N3O4. The lowest BCUT2D eigenvalue weighted by atomic mass is 9.99. The van der Waals surface area contributed by atoms with Gasteiger partial charge >= 0.3 is 12.0 Å². The Kier molecular flexibility index (Phi) is 5.41. The molecule has 0 aromatic heterocycles. The lowest BCUT2D eigenvalue weighted by Crippen LogP contribution is -2.49. The van der Waals surface area contributed by atoms with Gasteiger partial charge in [0.2, 0.25) is 5.91 Å². The number of nitrogens with zero attached hydrogens (tertiary/aromatic N) is 1. The van der Waals surface area contributed by atoms with Gasteiger partial charge < -0.3 is 20.6 Å².